The van der Waals surface area contributed by atoms with E-state index in [0.717, 1.165) is 0 Å². The minimum absolute atomic E-state index is 0. The molecule has 0 nitrogen and oxygen atoms in total. The van der Waals surface area contributed by atoms with Gasteiger partial charge in [0.25, 0.3) is 0 Å². The molecule has 0 amide bonds. The van der Waals surface area contributed by atoms with Gasteiger partial charge < -0.3 is 7.43 Å². The van der Waals surface area contributed by atoms with E-state index in [9.17, 15) is 0 Å². The summed E-state index contributed by atoms with van der Waals surface area (Å²) in [5.74, 6) is 0. The van der Waals surface area contributed by atoms with Crippen LogP contribution in [0.2, 0.25) is 0 Å². The Labute approximate surface area is 88.9 Å². The van der Waals surface area contributed by atoms with Crippen molar-refractivity contribution in [3.63, 3.8) is 0 Å². The van der Waals surface area contributed by atoms with E-state index >= 15 is 0 Å². The van der Waals surface area contributed by atoms with Crippen LogP contribution in [0.5, 0.6) is 0 Å². The maximum absolute atomic E-state index is 2.00. The predicted molar refractivity (Wildman–Crippen MR) is 51.8 cm³/mol. The minimum Gasteiger partial charge on any atom is -0.358 e. The Morgan fingerprint density at radius 3 is 0.400 bits per heavy atom. The fourth-order valence-corrected chi connectivity index (χ4v) is 0. The average Bonchev–Trinajstić information content (AvgIpc) is 2.03. The van der Waals surface area contributed by atoms with Crippen molar-refractivity contribution in [2.24, 2.45) is 0 Å². The van der Waals surface area contributed by atoms with E-state index in [2.05, 4.69) is 0 Å². The van der Waals surface area contributed by atoms with E-state index in [1.54, 1.807) is 0 Å². The summed E-state index contributed by atoms with van der Waals surface area (Å²) in [5, 5.41) is 0. The molecule has 0 rings (SSSR count). The first kappa shape index (κ1) is 44.6. The van der Waals surface area contributed by atoms with Gasteiger partial charge in [-0.25, -0.2) is 0 Å². The maximum Gasteiger partial charge on any atom is 0 e. The Morgan fingerprint density at radius 1 is 0.400 bits per heavy atom. The van der Waals surface area contributed by atoms with Gasteiger partial charge in [0.1, 0.15) is 0 Å². The van der Waals surface area contributed by atoms with Gasteiger partial charge in [0.2, 0.25) is 0 Å². The molecule has 1 heteroatoms. The maximum atomic E-state index is 2.00. The van der Waals surface area contributed by atoms with Crippen LogP contribution >= 0.6 is 0 Å². The molecule has 0 unspecified atom stereocenters. The molecule has 0 fully saturated rings. The van der Waals surface area contributed by atoms with Crippen LogP contribution in [0.25, 0.3) is 0 Å². The molecule has 0 atom stereocenters. The predicted octanol–water partition coefficient (Wildman–Crippen LogP) is 4.55. The zero-order valence-corrected chi connectivity index (χ0v) is 12.0. The van der Waals surface area contributed by atoms with E-state index in [0.29, 0.717) is 0 Å². The normalized spacial score (nSPS) is 2.40. The van der Waals surface area contributed by atoms with Gasteiger partial charge in [0, 0.05) is 26.2 Å². The largest absolute Gasteiger partial charge is 0.358 e. The monoisotopic (exact) mass is 225 g/mol. The molecule has 0 bridgehead atoms. The molecular weight excluding hydrogens is 199 g/mol. The molecule has 0 N–H and O–H groups in total. The first-order valence-corrected chi connectivity index (χ1v) is 4.00. The molecule has 0 aliphatic rings. The van der Waals surface area contributed by atoms with Gasteiger partial charge in [0.05, 0.1) is 0 Å². The molecule has 0 aromatic rings. The first-order valence-electron chi connectivity index (χ1n) is 4.00. The van der Waals surface area contributed by atoms with E-state index in [4.69, 9.17) is 0 Å². The molecule has 0 heterocycles. The standard InChI is InChI=1S/4C2H6.CH3.Zr/c4*1-2;;/h4*1-2H3;1H3;/q;;;;-1;. The molecule has 68 valence electrons. The Balaban J connectivity index is -0.00000000500. The summed E-state index contributed by atoms with van der Waals surface area (Å²) in [6.07, 6.45) is 0. The van der Waals surface area contributed by atoms with Gasteiger partial charge in [-0.1, -0.05) is 55.4 Å². The Hall–Kier alpha value is 0.883. The summed E-state index contributed by atoms with van der Waals surface area (Å²) in [6.45, 7) is 16.0. The fraction of sp³-hybridized carbons (Fsp3) is 0.889. The van der Waals surface area contributed by atoms with E-state index in [1.165, 1.54) is 0 Å². The molecule has 0 spiro atoms. The summed E-state index contributed by atoms with van der Waals surface area (Å²) in [6, 6.07) is 0. The van der Waals surface area contributed by atoms with Crippen molar-refractivity contribution >= 4 is 0 Å². The van der Waals surface area contributed by atoms with Gasteiger partial charge in [-0.2, -0.15) is 0 Å². The average molecular weight is 227 g/mol. The van der Waals surface area contributed by atoms with Crippen LogP contribution in [-0.2, 0) is 26.2 Å². The van der Waals surface area contributed by atoms with Gasteiger partial charge >= 0.3 is 0 Å². The van der Waals surface area contributed by atoms with Gasteiger partial charge in [-0.05, 0) is 0 Å². The Bertz CT molecular complexity index is 4.69. The van der Waals surface area contributed by atoms with Gasteiger partial charge in [-0.15, -0.1) is 0 Å². The fourth-order valence-electron chi connectivity index (χ4n) is 0. The molecule has 10 heavy (non-hydrogen) atoms. The van der Waals surface area contributed by atoms with E-state index < -0.39 is 0 Å². The molecule has 0 aliphatic carbocycles. The number of hydrogen-bond acceptors (Lipinski definition) is 0. The quantitative estimate of drug-likeness (QED) is 0.532. The third-order valence-corrected chi connectivity index (χ3v) is 0. The molecule has 0 saturated carbocycles. The topological polar surface area (TPSA) is 0 Å². The Kier molecular flexibility index (Phi) is 4460. The second kappa shape index (κ2) is 1000. The minimum atomic E-state index is 0. The summed E-state index contributed by atoms with van der Waals surface area (Å²) in [5.41, 5.74) is 0. The van der Waals surface area contributed by atoms with Crippen LogP contribution in [-0.4, -0.2) is 0 Å². The van der Waals surface area contributed by atoms with Crippen molar-refractivity contribution in [1.29, 1.82) is 0 Å². The molecule has 0 aliphatic heterocycles. The Morgan fingerprint density at radius 2 is 0.400 bits per heavy atom. The van der Waals surface area contributed by atoms with Crippen molar-refractivity contribution in [3.05, 3.63) is 7.43 Å². The third-order valence-electron chi connectivity index (χ3n) is 0. The SMILES string of the molecule is CC.CC.CC.CC.[CH3-].[Zr]. The smallest absolute Gasteiger partial charge is 0 e. The third kappa shape index (κ3) is 708. The molecule has 0 aromatic heterocycles. The summed E-state index contributed by atoms with van der Waals surface area (Å²) < 4.78 is 0. The van der Waals surface area contributed by atoms with Crippen molar-refractivity contribution < 1.29 is 26.2 Å². The number of hydrogen-bond donors (Lipinski definition) is 0. The van der Waals surface area contributed by atoms with Crippen molar-refractivity contribution in [3.8, 4) is 0 Å². The van der Waals surface area contributed by atoms with Crippen molar-refractivity contribution in [2.45, 2.75) is 55.4 Å². The summed E-state index contributed by atoms with van der Waals surface area (Å²) in [7, 11) is 0. The second-order valence-corrected chi connectivity index (χ2v) is 0. The zero-order chi connectivity index (χ0) is 8.00. The van der Waals surface area contributed by atoms with Gasteiger partial charge in [-0.3, -0.25) is 0 Å². The first-order chi connectivity index (χ1) is 4.00. The van der Waals surface area contributed by atoms with Crippen LogP contribution in [0.15, 0.2) is 0 Å². The molecule has 0 radical (unpaired) electrons. The van der Waals surface area contributed by atoms with E-state index in [-0.39, 0.29) is 33.6 Å². The summed E-state index contributed by atoms with van der Waals surface area (Å²) in [4.78, 5) is 0. The van der Waals surface area contributed by atoms with Crippen LogP contribution < -0.4 is 0 Å². The summed E-state index contributed by atoms with van der Waals surface area (Å²) >= 11 is 0. The molecule has 0 aromatic carbocycles. The second-order valence-electron chi connectivity index (χ2n) is 0. The van der Waals surface area contributed by atoms with Crippen LogP contribution in [0.1, 0.15) is 55.4 Å². The van der Waals surface area contributed by atoms with Crippen molar-refractivity contribution in [2.75, 3.05) is 0 Å². The van der Waals surface area contributed by atoms with Crippen molar-refractivity contribution in [1.82, 2.24) is 0 Å². The molecule has 0 saturated heterocycles. The van der Waals surface area contributed by atoms with Crippen LogP contribution in [0, 0.1) is 7.43 Å². The van der Waals surface area contributed by atoms with Gasteiger partial charge in [0.15, 0.2) is 0 Å². The zero-order valence-electron chi connectivity index (χ0n) is 9.50. The molecular formula is C9H27Zr-. The van der Waals surface area contributed by atoms with E-state index in [1.807, 2.05) is 55.4 Å². The van der Waals surface area contributed by atoms with Crippen LogP contribution in [0.3, 0.4) is 0 Å². The number of rotatable bonds is 0. The van der Waals surface area contributed by atoms with Crippen LogP contribution in [0.4, 0.5) is 0 Å².